The van der Waals surface area contributed by atoms with E-state index in [4.69, 9.17) is 25.8 Å². The molecule has 1 aliphatic heterocycles. The number of carbonyl (C=O) groups is 2. The van der Waals surface area contributed by atoms with Gasteiger partial charge in [-0.2, -0.15) is 0 Å². The first-order valence-electron chi connectivity index (χ1n) is 12.6. The Hall–Kier alpha value is -3.97. The largest absolute Gasteiger partial charge is 0.507 e. The number of hydrogen-bond donors (Lipinski definition) is 1. The lowest BCUT2D eigenvalue weighted by molar-refractivity contribution is -0.132. The molecule has 3 aromatic carbocycles. The molecule has 39 heavy (non-hydrogen) atoms. The van der Waals surface area contributed by atoms with E-state index in [2.05, 4.69) is 0 Å². The standard InChI is InChI=1S/C31H32ClNO6/c1-7-39-25-16-18(11-14-24(25)38-6)27-26(29(35)30(36)33(27)21-10-8-9-20(32)17-21)28(34)19-12-13-23(37-5)22(15-19)31(2,3)4/h8-17,27,34H,7H2,1-6H3/b28-26+. The van der Waals surface area contributed by atoms with Crippen molar-refractivity contribution < 1.29 is 28.9 Å². The second kappa shape index (κ2) is 11.0. The molecule has 7 nitrogen and oxygen atoms in total. The summed E-state index contributed by atoms with van der Waals surface area (Å²) in [5.74, 6) is -0.253. The highest BCUT2D eigenvalue weighted by atomic mass is 35.5. The van der Waals surface area contributed by atoms with E-state index in [1.165, 1.54) is 12.0 Å². The Morgan fingerprint density at radius 2 is 1.64 bits per heavy atom. The van der Waals surface area contributed by atoms with Crippen LogP contribution in [0.3, 0.4) is 0 Å². The number of amides is 1. The van der Waals surface area contributed by atoms with Crippen LogP contribution in [0, 0.1) is 0 Å². The van der Waals surface area contributed by atoms with Crippen molar-refractivity contribution in [3.63, 3.8) is 0 Å². The first kappa shape index (κ1) is 28.0. The lowest BCUT2D eigenvalue weighted by Gasteiger charge is -2.26. The van der Waals surface area contributed by atoms with E-state index < -0.39 is 17.7 Å². The Labute approximate surface area is 233 Å². The van der Waals surface area contributed by atoms with Gasteiger partial charge in [0.1, 0.15) is 11.5 Å². The van der Waals surface area contributed by atoms with Crippen LogP contribution in [0.4, 0.5) is 5.69 Å². The van der Waals surface area contributed by atoms with Gasteiger partial charge in [-0.05, 0) is 66.4 Å². The van der Waals surface area contributed by atoms with E-state index in [0.29, 0.717) is 45.7 Å². The van der Waals surface area contributed by atoms with E-state index in [0.717, 1.165) is 5.56 Å². The summed E-state index contributed by atoms with van der Waals surface area (Å²) >= 11 is 6.26. The SMILES string of the molecule is CCOc1cc(C2/C(=C(\O)c3ccc(OC)c(C(C)(C)C)c3)C(=O)C(=O)N2c2cccc(Cl)c2)ccc1OC. The number of ketones is 1. The minimum absolute atomic E-state index is 0.0439. The molecule has 0 aliphatic carbocycles. The van der Waals surface area contributed by atoms with Gasteiger partial charge < -0.3 is 19.3 Å². The summed E-state index contributed by atoms with van der Waals surface area (Å²) in [5.41, 5.74) is 1.87. The van der Waals surface area contributed by atoms with Gasteiger partial charge in [-0.15, -0.1) is 0 Å². The molecule has 1 fully saturated rings. The molecule has 0 aromatic heterocycles. The molecule has 1 aliphatic rings. The fourth-order valence-corrected chi connectivity index (χ4v) is 4.95. The molecule has 1 unspecified atom stereocenters. The molecule has 204 valence electrons. The number of halogens is 1. The molecule has 1 heterocycles. The number of nitrogens with zero attached hydrogens (tertiary/aromatic N) is 1. The number of benzene rings is 3. The maximum Gasteiger partial charge on any atom is 0.300 e. The van der Waals surface area contributed by atoms with Gasteiger partial charge in [0.15, 0.2) is 11.5 Å². The molecule has 0 spiro atoms. The van der Waals surface area contributed by atoms with Crippen molar-refractivity contribution in [3.05, 3.63) is 87.9 Å². The number of Topliss-reactive ketones (excluding diaryl/α,β-unsaturated/α-hetero) is 1. The average Bonchev–Trinajstić information content (AvgIpc) is 3.17. The topological polar surface area (TPSA) is 85.3 Å². The van der Waals surface area contributed by atoms with E-state index in [9.17, 15) is 14.7 Å². The maximum absolute atomic E-state index is 13.6. The average molecular weight is 550 g/mol. The molecule has 8 heteroatoms. The summed E-state index contributed by atoms with van der Waals surface area (Å²) in [4.78, 5) is 28.5. The highest BCUT2D eigenvalue weighted by molar-refractivity contribution is 6.51. The summed E-state index contributed by atoms with van der Waals surface area (Å²) in [5, 5.41) is 12.0. The van der Waals surface area contributed by atoms with Crippen molar-refractivity contribution in [1.29, 1.82) is 0 Å². The Bertz CT molecular complexity index is 1460. The summed E-state index contributed by atoms with van der Waals surface area (Å²) in [6.07, 6.45) is 0. The highest BCUT2D eigenvalue weighted by Crippen LogP contribution is 2.45. The molecule has 0 radical (unpaired) electrons. The third-order valence-corrected chi connectivity index (χ3v) is 6.85. The van der Waals surface area contributed by atoms with Crippen molar-refractivity contribution in [2.75, 3.05) is 25.7 Å². The fraction of sp³-hybridized carbons (Fsp3) is 0.290. The number of anilines is 1. The molecule has 1 amide bonds. The van der Waals surface area contributed by atoms with Gasteiger partial charge in [0.05, 0.1) is 32.4 Å². The second-order valence-corrected chi connectivity index (χ2v) is 10.6. The van der Waals surface area contributed by atoms with Crippen LogP contribution in [0.25, 0.3) is 5.76 Å². The van der Waals surface area contributed by atoms with Crippen LogP contribution >= 0.6 is 11.6 Å². The predicted octanol–water partition coefficient (Wildman–Crippen LogP) is 6.68. The quantitative estimate of drug-likeness (QED) is 0.201. The summed E-state index contributed by atoms with van der Waals surface area (Å²) in [6, 6.07) is 16.1. The van der Waals surface area contributed by atoms with Crippen LogP contribution in [-0.4, -0.2) is 37.6 Å². The van der Waals surface area contributed by atoms with Gasteiger partial charge in [-0.25, -0.2) is 0 Å². The first-order chi connectivity index (χ1) is 18.5. The molecule has 1 atom stereocenters. The lowest BCUT2D eigenvalue weighted by atomic mass is 9.84. The highest BCUT2D eigenvalue weighted by Gasteiger charge is 2.47. The maximum atomic E-state index is 13.6. The smallest absolute Gasteiger partial charge is 0.300 e. The molecule has 4 rings (SSSR count). The minimum atomic E-state index is -0.950. The monoisotopic (exact) mass is 549 g/mol. The van der Waals surface area contributed by atoms with Crippen LogP contribution in [0.1, 0.15) is 50.4 Å². The van der Waals surface area contributed by atoms with Crippen molar-refractivity contribution in [2.24, 2.45) is 0 Å². The van der Waals surface area contributed by atoms with Gasteiger partial charge >= 0.3 is 0 Å². The van der Waals surface area contributed by atoms with Crippen molar-refractivity contribution >= 4 is 34.7 Å². The summed E-state index contributed by atoms with van der Waals surface area (Å²) < 4.78 is 16.7. The molecule has 1 saturated heterocycles. The van der Waals surface area contributed by atoms with Crippen LogP contribution in [0.5, 0.6) is 17.2 Å². The number of aliphatic hydroxyl groups is 1. The Kier molecular flexibility index (Phi) is 7.93. The minimum Gasteiger partial charge on any atom is -0.507 e. The molecule has 0 saturated carbocycles. The Morgan fingerprint density at radius 1 is 0.949 bits per heavy atom. The molecular formula is C31H32ClNO6. The number of methoxy groups -OCH3 is 2. The number of aliphatic hydroxyl groups excluding tert-OH is 1. The lowest BCUT2D eigenvalue weighted by Crippen LogP contribution is -2.29. The zero-order chi connectivity index (χ0) is 28.5. The van der Waals surface area contributed by atoms with Crippen LogP contribution < -0.4 is 19.1 Å². The third kappa shape index (κ3) is 5.32. The van der Waals surface area contributed by atoms with Crippen LogP contribution in [0.15, 0.2) is 66.2 Å². The Balaban J connectivity index is 1.99. The number of ether oxygens (including phenoxy) is 3. The van der Waals surface area contributed by atoms with Crippen LogP contribution in [0.2, 0.25) is 5.02 Å². The molecule has 0 bridgehead atoms. The fourth-order valence-electron chi connectivity index (χ4n) is 4.77. The van der Waals surface area contributed by atoms with Gasteiger partial charge in [0, 0.05) is 21.8 Å². The zero-order valence-corrected chi connectivity index (χ0v) is 23.6. The van der Waals surface area contributed by atoms with E-state index in [1.807, 2.05) is 27.7 Å². The molecule has 3 aromatic rings. The van der Waals surface area contributed by atoms with Crippen LogP contribution in [-0.2, 0) is 15.0 Å². The summed E-state index contributed by atoms with van der Waals surface area (Å²) in [7, 11) is 3.12. The van der Waals surface area contributed by atoms with Gasteiger partial charge in [-0.3, -0.25) is 14.5 Å². The van der Waals surface area contributed by atoms with E-state index >= 15 is 0 Å². The second-order valence-electron chi connectivity index (χ2n) is 10.2. The van der Waals surface area contributed by atoms with Gasteiger partial charge in [0.25, 0.3) is 11.7 Å². The normalized spacial score (nSPS) is 16.9. The third-order valence-electron chi connectivity index (χ3n) is 6.61. The predicted molar refractivity (Wildman–Crippen MR) is 152 cm³/mol. The number of hydrogen-bond acceptors (Lipinski definition) is 6. The zero-order valence-electron chi connectivity index (χ0n) is 22.9. The van der Waals surface area contributed by atoms with Gasteiger partial charge in [-0.1, -0.05) is 44.5 Å². The summed E-state index contributed by atoms with van der Waals surface area (Å²) in [6.45, 7) is 8.31. The Morgan fingerprint density at radius 3 is 2.26 bits per heavy atom. The number of carbonyl (C=O) groups excluding carboxylic acids is 2. The molecule has 1 N–H and O–H groups in total. The van der Waals surface area contributed by atoms with Crippen molar-refractivity contribution in [2.45, 2.75) is 39.2 Å². The van der Waals surface area contributed by atoms with Crippen molar-refractivity contribution in [1.82, 2.24) is 0 Å². The molecular weight excluding hydrogens is 518 g/mol. The van der Waals surface area contributed by atoms with Gasteiger partial charge in [0.2, 0.25) is 0 Å². The first-order valence-corrected chi connectivity index (χ1v) is 13.0. The van der Waals surface area contributed by atoms with Crippen molar-refractivity contribution in [3.8, 4) is 17.2 Å². The van der Waals surface area contributed by atoms with E-state index in [1.54, 1.807) is 67.8 Å². The van der Waals surface area contributed by atoms with E-state index in [-0.39, 0.29) is 16.7 Å². The number of rotatable bonds is 7.